The van der Waals surface area contributed by atoms with Crippen LogP contribution in [0.5, 0.6) is 0 Å². The van der Waals surface area contributed by atoms with Crippen molar-refractivity contribution in [3.8, 4) is 0 Å². The van der Waals surface area contributed by atoms with E-state index in [1.165, 1.54) is 0 Å². The molecular weight excluding hydrogens is 262 g/mol. The number of aromatic nitrogens is 3. The predicted octanol–water partition coefficient (Wildman–Crippen LogP) is 3.47. The van der Waals surface area contributed by atoms with Crippen molar-refractivity contribution < 1.29 is 4.74 Å². The maximum atomic E-state index is 6.27. The molecule has 1 saturated carbocycles. The Kier molecular flexibility index (Phi) is 3.46. The second-order valence-corrected chi connectivity index (χ2v) is 5.68. The maximum absolute atomic E-state index is 6.27. The van der Waals surface area contributed by atoms with E-state index in [-0.39, 0.29) is 5.38 Å². The lowest BCUT2D eigenvalue weighted by Crippen LogP contribution is -2.34. The summed E-state index contributed by atoms with van der Waals surface area (Å²) in [5.74, 6) is 0.935. The Morgan fingerprint density at radius 3 is 3.00 bits per heavy atom. The first-order chi connectivity index (χ1) is 9.20. The molecule has 5 heteroatoms. The first-order valence-electron chi connectivity index (χ1n) is 6.78. The molecule has 1 fully saturated rings. The van der Waals surface area contributed by atoms with E-state index < -0.39 is 0 Å². The second-order valence-electron chi connectivity index (χ2n) is 5.02. The van der Waals surface area contributed by atoms with E-state index in [4.69, 9.17) is 16.3 Å². The van der Waals surface area contributed by atoms with Gasteiger partial charge in [-0.15, -0.1) is 11.6 Å². The molecule has 4 nitrogen and oxygen atoms in total. The predicted molar refractivity (Wildman–Crippen MR) is 75.5 cm³/mol. The van der Waals surface area contributed by atoms with Crippen LogP contribution in [0.15, 0.2) is 18.5 Å². The highest BCUT2D eigenvalue weighted by Gasteiger charge is 2.34. The van der Waals surface area contributed by atoms with Crippen molar-refractivity contribution in [3.63, 3.8) is 0 Å². The molecule has 0 N–H and O–H groups in total. The van der Waals surface area contributed by atoms with Gasteiger partial charge in [0, 0.05) is 18.8 Å². The van der Waals surface area contributed by atoms with Crippen LogP contribution >= 0.6 is 11.6 Å². The van der Waals surface area contributed by atoms with Gasteiger partial charge >= 0.3 is 0 Å². The average Bonchev–Trinajstić information content (AvgIpc) is 2.72. The lowest BCUT2D eigenvalue weighted by molar-refractivity contribution is -0.0193. The number of hydrogen-bond donors (Lipinski definition) is 0. The third-order valence-corrected chi connectivity index (χ3v) is 3.91. The molecule has 2 heterocycles. The highest BCUT2D eigenvalue weighted by atomic mass is 35.5. The van der Waals surface area contributed by atoms with Crippen LogP contribution in [0.3, 0.4) is 0 Å². The molecule has 1 unspecified atom stereocenters. The Hall–Kier alpha value is -1.13. The Morgan fingerprint density at radius 2 is 2.32 bits per heavy atom. The summed E-state index contributed by atoms with van der Waals surface area (Å²) in [6.45, 7) is 4.79. The lowest BCUT2D eigenvalue weighted by Gasteiger charge is -2.37. The zero-order valence-corrected chi connectivity index (χ0v) is 12.0. The summed E-state index contributed by atoms with van der Waals surface area (Å²) in [6, 6.07) is 2.46. The Balaban J connectivity index is 1.95. The van der Waals surface area contributed by atoms with E-state index in [0.717, 1.165) is 36.3 Å². The normalized spacial score (nSPS) is 24.4. The lowest BCUT2D eigenvalue weighted by atomic mass is 9.88. The molecule has 1 atom stereocenters. The second kappa shape index (κ2) is 5.10. The van der Waals surface area contributed by atoms with Crippen molar-refractivity contribution in [1.29, 1.82) is 0 Å². The van der Waals surface area contributed by atoms with Crippen LogP contribution in [-0.4, -0.2) is 27.2 Å². The molecule has 1 aliphatic rings. The smallest absolute Gasteiger partial charge is 0.128 e. The first-order valence-corrected chi connectivity index (χ1v) is 7.21. The fraction of sp³-hybridized carbons (Fsp3) is 0.571. The number of halogens is 1. The monoisotopic (exact) mass is 279 g/mol. The standard InChI is InChI=1S/C14H18ClN3O/c1-3-19-11-6-10(7-11)18-13-4-5-16-8-12(13)17-14(18)9(2)15/h4-5,8-11H,3,6-7H2,1-2H3. The van der Waals surface area contributed by atoms with Gasteiger partial charge in [-0.3, -0.25) is 4.98 Å². The number of rotatable bonds is 4. The van der Waals surface area contributed by atoms with Gasteiger partial charge in [-0.2, -0.15) is 0 Å². The summed E-state index contributed by atoms with van der Waals surface area (Å²) < 4.78 is 7.91. The molecule has 0 aromatic carbocycles. The van der Waals surface area contributed by atoms with Crippen LogP contribution in [0.25, 0.3) is 11.0 Å². The summed E-state index contributed by atoms with van der Waals surface area (Å²) >= 11 is 6.27. The van der Waals surface area contributed by atoms with E-state index in [1.807, 2.05) is 26.1 Å². The summed E-state index contributed by atoms with van der Waals surface area (Å²) in [5.41, 5.74) is 2.04. The van der Waals surface area contributed by atoms with Crippen molar-refractivity contribution in [2.45, 2.75) is 44.2 Å². The number of alkyl halides is 1. The molecule has 0 aliphatic heterocycles. The topological polar surface area (TPSA) is 39.9 Å². The zero-order valence-electron chi connectivity index (χ0n) is 11.2. The van der Waals surface area contributed by atoms with Crippen molar-refractivity contribution >= 4 is 22.6 Å². The maximum Gasteiger partial charge on any atom is 0.128 e. The SMILES string of the molecule is CCOC1CC(n2c(C(C)Cl)nc3cnccc32)C1. The molecule has 3 rings (SSSR count). The fourth-order valence-electron chi connectivity index (χ4n) is 2.75. The molecule has 0 bridgehead atoms. The van der Waals surface area contributed by atoms with Crippen molar-refractivity contribution in [2.24, 2.45) is 0 Å². The van der Waals surface area contributed by atoms with Gasteiger partial charge in [-0.1, -0.05) is 0 Å². The largest absolute Gasteiger partial charge is 0.378 e. The van der Waals surface area contributed by atoms with Gasteiger partial charge in [0.25, 0.3) is 0 Å². The van der Waals surface area contributed by atoms with Gasteiger partial charge in [0.05, 0.1) is 23.2 Å². The van der Waals surface area contributed by atoms with Crippen LogP contribution in [0.4, 0.5) is 0 Å². The average molecular weight is 280 g/mol. The highest BCUT2D eigenvalue weighted by Crippen LogP contribution is 2.39. The van der Waals surface area contributed by atoms with Crippen LogP contribution in [0.1, 0.15) is 43.9 Å². The molecule has 102 valence electrons. The third kappa shape index (κ3) is 2.23. The summed E-state index contributed by atoms with van der Waals surface area (Å²) in [7, 11) is 0. The Bertz CT molecular complexity index is 575. The van der Waals surface area contributed by atoms with Gasteiger partial charge in [-0.05, 0) is 32.8 Å². The minimum absolute atomic E-state index is 0.0986. The molecule has 0 amide bonds. The molecule has 0 saturated heterocycles. The minimum atomic E-state index is -0.0986. The van der Waals surface area contributed by atoms with Gasteiger partial charge in [-0.25, -0.2) is 4.98 Å². The van der Waals surface area contributed by atoms with E-state index in [1.54, 1.807) is 6.20 Å². The van der Waals surface area contributed by atoms with Gasteiger partial charge in [0.15, 0.2) is 0 Å². The Labute approximate surface area is 117 Å². The molecular formula is C14H18ClN3O. The summed E-state index contributed by atoms with van der Waals surface area (Å²) in [6.07, 6.45) is 6.07. The van der Waals surface area contributed by atoms with Crippen molar-refractivity contribution in [2.75, 3.05) is 6.61 Å². The number of fused-ring (bicyclic) bond motifs is 1. The van der Waals surface area contributed by atoms with Crippen molar-refractivity contribution in [1.82, 2.24) is 14.5 Å². The molecule has 2 aromatic rings. The summed E-state index contributed by atoms with van der Waals surface area (Å²) in [5, 5.41) is -0.0986. The molecule has 2 aromatic heterocycles. The van der Waals surface area contributed by atoms with Crippen LogP contribution < -0.4 is 0 Å². The number of pyridine rings is 1. The zero-order chi connectivity index (χ0) is 13.4. The number of ether oxygens (including phenoxy) is 1. The third-order valence-electron chi connectivity index (χ3n) is 3.71. The van der Waals surface area contributed by atoms with Crippen LogP contribution in [0.2, 0.25) is 0 Å². The first kappa shape index (κ1) is 12.9. The van der Waals surface area contributed by atoms with E-state index >= 15 is 0 Å². The van der Waals surface area contributed by atoms with E-state index in [9.17, 15) is 0 Å². The molecule has 0 radical (unpaired) electrons. The number of hydrogen-bond acceptors (Lipinski definition) is 3. The van der Waals surface area contributed by atoms with Gasteiger partial charge in [0.1, 0.15) is 11.3 Å². The van der Waals surface area contributed by atoms with Gasteiger partial charge < -0.3 is 9.30 Å². The van der Waals surface area contributed by atoms with Crippen LogP contribution in [0, 0.1) is 0 Å². The quantitative estimate of drug-likeness (QED) is 0.805. The van der Waals surface area contributed by atoms with Crippen LogP contribution in [-0.2, 0) is 4.74 Å². The molecule has 19 heavy (non-hydrogen) atoms. The van der Waals surface area contributed by atoms with E-state index in [0.29, 0.717) is 12.1 Å². The molecule has 0 spiro atoms. The Morgan fingerprint density at radius 1 is 1.53 bits per heavy atom. The number of nitrogens with zero attached hydrogens (tertiary/aromatic N) is 3. The fourth-order valence-corrected chi connectivity index (χ4v) is 2.91. The molecule has 1 aliphatic carbocycles. The highest BCUT2D eigenvalue weighted by molar-refractivity contribution is 6.20. The van der Waals surface area contributed by atoms with Gasteiger partial charge in [0.2, 0.25) is 0 Å². The summed E-state index contributed by atoms with van der Waals surface area (Å²) in [4.78, 5) is 8.74. The number of imidazole rings is 1. The minimum Gasteiger partial charge on any atom is -0.378 e. The van der Waals surface area contributed by atoms with E-state index in [2.05, 4.69) is 14.5 Å². The van der Waals surface area contributed by atoms with Crippen molar-refractivity contribution in [3.05, 3.63) is 24.3 Å².